The minimum absolute atomic E-state index is 0.219. The molecule has 0 spiro atoms. The number of rotatable bonds is 3. The first-order valence-electron chi connectivity index (χ1n) is 6.85. The van der Waals surface area contributed by atoms with Crippen LogP contribution < -0.4 is 5.32 Å². The van der Waals surface area contributed by atoms with Crippen LogP contribution in [0.1, 0.15) is 32.6 Å². The molecule has 0 aliphatic heterocycles. The summed E-state index contributed by atoms with van der Waals surface area (Å²) in [5.41, 5.74) is 1.04. The Morgan fingerprint density at radius 2 is 1.63 bits per heavy atom. The molecule has 1 saturated carbocycles. The topological polar surface area (TPSA) is 12.0 Å². The van der Waals surface area contributed by atoms with E-state index in [1.807, 2.05) is 30.3 Å². The number of alkyl halides is 3. The van der Waals surface area contributed by atoms with Crippen molar-refractivity contribution in [3.63, 3.8) is 0 Å². The summed E-state index contributed by atoms with van der Waals surface area (Å²) in [7, 11) is 0. The van der Waals surface area contributed by atoms with Crippen molar-refractivity contribution in [2.24, 2.45) is 11.8 Å². The molecular weight excluding hydrogens is 251 g/mol. The second-order valence-electron chi connectivity index (χ2n) is 5.45. The fourth-order valence-corrected chi connectivity index (χ4v) is 2.86. The van der Waals surface area contributed by atoms with E-state index in [-0.39, 0.29) is 18.9 Å². The molecule has 1 fully saturated rings. The summed E-state index contributed by atoms with van der Waals surface area (Å²) in [4.78, 5) is 0. The lowest BCUT2D eigenvalue weighted by molar-refractivity contribution is -0.184. The predicted octanol–water partition coefficient (Wildman–Crippen LogP) is 4.86. The highest BCUT2D eigenvalue weighted by molar-refractivity contribution is 5.43. The molecule has 1 aromatic rings. The van der Waals surface area contributed by atoms with Crippen molar-refractivity contribution in [3.05, 3.63) is 30.3 Å². The highest BCUT2D eigenvalue weighted by Gasteiger charge is 2.41. The Bertz CT molecular complexity index is 380. The zero-order chi connectivity index (χ0) is 13.9. The summed E-state index contributed by atoms with van der Waals surface area (Å²) in [6.07, 6.45) is -2.15. The number of hydrogen-bond acceptors (Lipinski definition) is 1. The van der Waals surface area contributed by atoms with Gasteiger partial charge in [-0.25, -0.2) is 0 Å². The van der Waals surface area contributed by atoms with E-state index in [2.05, 4.69) is 12.2 Å². The number of anilines is 1. The molecule has 1 unspecified atom stereocenters. The van der Waals surface area contributed by atoms with Gasteiger partial charge in [0.2, 0.25) is 0 Å². The van der Waals surface area contributed by atoms with E-state index < -0.39 is 12.1 Å². The Hall–Kier alpha value is -1.19. The minimum Gasteiger partial charge on any atom is -0.382 e. The van der Waals surface area contributed by atoms with Crippen LogP contribution >= 0.6 is 0 Å². The largest absolute Gasteiger partial charge is 0.391 e. The Labute approximate surface area is 112 Å². The van der Waals surface area contributed by atoms with E-state index in [9.17, 15) is 13.2 Å². The number of hydrogen-bond donors (Lipinski definition) is 1. The van der Waals surface area contributed by atoms with Gasteiger partial charge in [-0.05, 0) is 50.7 Å². The average Bonchev–Trinajstić information content (AvgIpc) is 2.39. The van der Waals surface area contributed by atoms with Crippen molar-refractivity contribution in [2.45, 2.75) is 44.8 Å². The molecule has 19 heavy (non-hydrogen) atoms. The molecule has 0 aromatic heterocycles. The molecule has 0 amide bonds. The lowest BCUT2D eigenvalue weighted by Crippen LogP contribution is -2.33. The van der Waals surface area contributed by atoms with Crippen LogP contribution in [0.2, 0.25) is 0 Å². The molecule has 0 bridgehead atoms. The maximum atomic E-state index is 12.6. The maximum Gasteiger partial charge on any atom is 0.391 e. The number of para-hydroxylation sites is 1. The summed E-state index contributed by atoms with van der Waals surface area (Å²) in [6, 6.07) is 10.0. The molecule has 0 radical (unpaired) electrons. The molecule has 1 aliphatic rings. The van der Waals surface area contributed by atoms with Gasteiger partial charge >= 0.3 is 6.18 Å². The van der Waals surface area contributed by atoms with Crippen molar-refractivity contribution in [2.75, 3.05) is 5.32 Å². The maximum absolute atomic E-state index is 12.6. The van der Waals surface area contributed by atoms with Gasteiger partial charge in [-0.15, -0.1) is 0 Å². The fraction of sp³-hybridized carbons (Fsp3) is 0.600. The van der Waals surface area contributed by atoms with Crippen LogP contribution in [-0.2, 0) is 0 Å². The van der Waals surface area contributed by atoms with Crippen LogP contribution in [0.25, 0.3) is 0 Å². The lowest BCUT2D eigenvalue weighted by atomic mass is 9.78. The lowest BCUT2D eigenvalue weighted by Gasteiger charge is -2.33. The molecule has 1 aliphatic carbocycles. The van der Waals surface area contributed by atoms with Crippen LogP contribution in [-0.4, -0.2) is 12.2 Å². The predicted molar refractivity (Wildman–Crippen MR) is 71.0 cm³/mol. The molecule has 2 rings (SSSR count). The van der Waals surface area contributed by atoms with Crippen molar-refractivity contribution in [1.82, 2.24) is 0 Å². The first-order chi connectivity index (χ1) is 8.97. The third-order valence-electron chi connectivity index (χ3n) is 4.11. The van der Waals surface area contributed by atoms with E-state index in [1.54, 1.807) is 0 Å². The first-order valence-corrected chi connectivity index (χ1v) is 6.85. The van der Waals surface area contributed by atoms with Gasteiger partial charge in [0.25, 0.3) is 0 Å². The SMILES string of the molecule is CC(Nc1ccccc1)C1CCC(C(F)(F)F)CC1. The molecule has 1 N–H and O–H groups in total. The summed E-state index contributed by atoms with van der Waals surface area (Å²) in [5.74, 6) is -0.758. The number of halogens is 3. The van der Waals surface area contributed by atoms with Gasteiger partial charge in [-0.2, -0.15) is 13.2 Å². The quantitative estimate of drug-likeness (QED) is 0.828. The van der Waals surface area contributed by atoms with Crippen LogP contribution in [0.15, 0.2) is 30.3 Å². The molecule has 1 aromatic carbocycles. The number of benzene rings is 1. The van der Waals surface area contributed by atoms with Crippen LogP contribution in [0, 0.1) is 11.8 Å². The second-order valence-corrected chi connectivity index (χ2v) is 5.45. The Kier molecular flexibility index (Phi) is 4.38. The minimum atomic E-state index is -4.01. The van der Waals surface area contributed by atoms with Crippen LogP contribution in [0.5, 0.6) is 0 Å². The molecule has 1 nitrogen and oxygen atoms in total. The second kappa shape index (κ2) is 5.85. The molecule has 0 saturated heterocycles. The van der Waals surface area contributed by atoms with E-state index in [1.165, 1.54) is 0 Å². The summed E-state index contributed by atoms with van der Waals surface area (Å²) < 4.78 is 37.8. The molecule has 4 heteroatoms. The van der Waals surface area contributed by atoms with Crippen LogP contribution in [0.3, 0.4) is 0 Å². The van der Waals surface area contributed by atoms with E-state index >= 15 is 0 Å². The van der Waals surface area contributed by atoms with E-state index in [0.717, 1.165) is 5.69 Å². The van der Waals surface area contributed by atoms with Crippen molar-refractivity contribution < 1.29 is 13.2 Å². The van der Waals surface area contributed by atoms with E-state index in [4.69, 9.17) is 0 Å². The zero-order valence-corrected chi connectivity index (χ0v) is 11.1. The standard InChI is InChI=1S/C15H20F3N/c1-11(19-14-5-3-2-4-6-14)12-7-9-13(10-8-12)15(16,17)18/h2-6,11-13,19H,7-10H2,1H3. The number of nitrogens with one attached hydrogen (secondary N) is 1. The molecule has 106 valence electrons. The third-order valence-corrected chi connectivity index (χ3v) is 4.11. The Morgan fingerprint density at radius 1 is 1.05 bits per heavy atom. The van der Waals surface area contributed by atoms with Gasteiger partial charge in [0.15, 0.2) is 0 Å². The van der Waals surface area contributed by atoms with Gasteiger partial charge in [-0.1, -0.05) is 18.2 Å². The van der Waals surface area contributed by atoms with E-state index in [0.29, 0.717) is 18.8 Å². The zero-order valence-electron chi connectivity index (χ0n) is 11.1. The highest BCUT2D eigenvalue weighted by atomic mass is 19.4. The normalized spacial score (nSPS) is 25.9. The van der Waals surface area contributed by atoms with Gasteiger partial charge in [0.05, 0.1) is 5.92 Å². The van der Waals surface area contributed by atoms with Crippen molar-refractivity contribution in [1.29, 1.82) is 0 Å². The monoisotopic (exact) mass is 271 g/mol. The third kappa shape index (κ3) is 3.88. The first kappa shape index (κ1) is 14.2. The van der Waals surface area contributed by atoms with Crippen molar-refractivity contribution >= 4 is 5.69 Å². The highest BCUT2D eigenvalue weighted by Crippen LogP contribution is 2.40. The fourth-order valence-electron chi connectivity index (χ4n) is 2.86. The van der Waals surface area contributed by atoms with Gasteiger partial charge in [0, 0.05) is 11.7 Å². The molecule has 1 atom stereocenters. The summed E-state index contributed by atoms with van der Waals surface area (Å²) in [5, 5.41) is 3.38. The molecular formula is C15H20F3N. The van der Waals surface area contributed by atoms with Gasteiger partial charge in [-0.3, -0.25) is 0 Å². The summed E-state index contributed by atoms with van der Waals surface area (Å²) in [6.45, 7) is 2.06. The van der Waals surface area contributed by atoms with Crippen LogP contribution in [0.4, 0.5) is 18.9 Å². The summed E-state index contributed by atoms with van der Waals surface area (Å²) >= 11 is 0. The van der Waals surface area contributed by atoms with Gasteiger partial charge in [0.1, 0.15) is 0 Å². The molecule has 0 heterocycles. The Morgan fingerprint density at radius 3 is 2.16 bits per heavy atom. The van der Waals surface area contributed by atoms with Crippen molar-refractivity contribution in [3.8, 4) is 0 Å². The smallest absolute Gasteiger partial charge is 0.382 e. The Balaban J connectivity index is 1.84. The average molecular weight is 271 g/mol. The van der Waals surface area contributed by atoms with Gasteiger partial charge < -0.3 is 5.32 Å².